The Bertz CT molecular complexity index is 344. The summed E-state index contributed by atoms with van der Waals surface area (Å²) >= 11 is 1.54. The maximum absolute atomic E-state index is 10.2. The number of aliphatic hydroxyl groups is 2. The molecule has 1 fully saturated rings. The van der Waals surface area contributed by atoms with Gasteiger partial charge in [-0.3, -0.25) is 0 Å². The first kappa shape index (κ1) is 13.0. The molecule has 17 heavy (non-hydrogen) atoms. The highest BCUT2D eigenvalue weighted by Crippen LogP contribution is 2.25. The fourth-order valence-electron chi connectivity index (χ4n) is 2.01. The van der Waals surface area contributed by atoms with Crippen molar-refractivity contribution in [3.8, 4) is 0 Å². The van der Waals surface area contributed by atoms with Gasteiger partial charge in [-0.15, -0.1) is 11.3 Å². The average Bonchev–Trinajstić information content (AvgIpc) is 2.90. The Morgan fingerprint density at radius 2 is 2.53 bits per heavy atom. The predicted octanol–water partition coefficient (Wildman–Crippen LogP) is 0.911. The number of nitrogens with one attached hydrogen (secondary N) is 1. The number of hydrogen-bond donors (Lipinski definition) is 3. The predicted molar refractivity (Wildman–Crippen MR) is 67.1 cm³/mol. The topological polar surface area (TPSA) is 61.7 Å². The van der Waals surface area contributed by atoms with E-state index in [4.69, 9.17) is 4.74 Å². The summed E-state index contributed by atoms with van der Waals surface area (Å²) < 4.78 is 5.35. The lowest BCUT2D eigenvalue weighted by molar-refractivity contribution is -0.0274. The van der Waals surface area contributed by atoms with Crippen LogP contribution >= 0.6 is 11.3 Å². The Morgan fingerprint density at radius 3 is 3.12 bits per heavy atom. The summed E-state index contributed by atoms with van der Waals surface area (Å²) in [6.07, 6.45) is 0.00102. The second-order valence-electron chi connectivity index (χ2n) is 4.53. The molecule has 0 bridgehead atoms. The van der Waals surface area contributed by atoms with E-state index in [-0.39, 0.29) is 6.10 Å². The molecule has 1 aromatic rings. The van der Waals surface area contributed by atoms with Crippen LogP contribution in [0.2, 0.25) is 0 Å². The number of thiophene rings is 1. The largest absolute Gasteiger partial charge is 0.386 e. The van der Waals surface area contributed by atoms with Crippen LogP contribution in [0, 0.1) is 0 Å². The maximum atomic E-state index is 10.2. The molecule has 0 radical (unpaired) electrons. The number of aliphatic hydroxyl groups excluding tert-OH is 1. The third-order valence-corrected chi connectivity index (χ3v) is 4.27. The van der Waals surface area contributed by atoms with E-state index in [1.165, 1.54) is 11.3 Å². The second kappa shape index (κ2) is 5.46. The molecule has 1 saturated heterocycles. The third-order valence-electron chi connectivity index (χ3n) is 3.30. The monoisotopic (exact) mass is 257 g/mol. The van der Waals surface area contributed by atoms with Crippen molar-refractivity contribution in [1.82, 2.24) is 5.32 Å². The van der Waals surface area contributed by atoms with Crippen LogP contribution in [-0.4, -0.2) is 41.6 Å². The van der Waals surface area contributed by atoms with Gasteiger partial charge in [0, 0.05) is 31.0 Å². The van der Waals surface area contributed by atoms with Crippen LogP contribution in [0.1, 0.15) is 24.3 Å². The summed E-state index contributed by atoms with van der Waals surface area (Å²) in [5, 5.41) is 25.2. The van der Waals surface area contributed by atoms with Gasteiger partial charge in [0.05, 0.1) is 6.10 Å². The lowest BCUT2D eigenvalue weighted by atomic mass is 9.97. The van der Waals surface area contributed by atoms with Gasteiger partial charge in [0.1, 0.15) is 11.7 Å². The lowest BCUT2D eigenvalue weighted by Gasteiger charge is -2.26. The summed E-state index contributed by atoms with van der Waals surface area (Å²) in [4.78, 5) is 0.945. The molecule has 0 aliphatic carbocycles. The van der Waals surface area contributed by atoms with E-state index in [2.05, 4.69) is 5.32 Å². The van der Waals surface area contributed by atoms with Crippen LogP contribution in [-0.2, 0) is 4.74 Å². The fourth-order valence-corrected chi connectivity index (χ4v) is 2.72. The van der Waals surface area contributed by atoms with Gasteiger partial charge in [0.15, 0.2) is 0 Å². The number of rotatable bonds is 5. The zero-order chi connectivity index (χ0) is 12.3. The van der Waals surface area contributed by atoms with E-state index in [0.717, 1.165) is 4.88 Å². The van der Waals surface area contributed by atoms with E-state index in [1.807, 2.05) is 24.4 Å². The Labute approximate surface area is 105 Å². The number of ether oxygens (including phenoxy) is 1. The van der Waals surface area contributed by atoms with E-state index in [1.54, 1.807) is 0 Å². The summed E-state index contributed by atoms with van der Waals surface area (Å²) in [5.41, 5.74) is -0.796. The summed E-state index contributed by atoms with van der Waals surface area (Å²) in [6, 6.07) is 3.83. The minimum absolute atomic E-state index is 0.145. The van der Waals surface area contributed by atoms with Gasteiger partial charge in [-0.05, 0) is 18.4 Å². The highest BCUT2D eigenvalue weighted by atomic mass is 32.1. The van der Waals surface area contributed by atoms with Crippen molar-refractivity contribution < 1.29 is 14.9 Å². The second-order valence-corrected chi connectivity index (χ2v) is 5.51. The van der Waals surface area contributed by atoms with Gasteiger partial charge < -0.3 is 20.3 Å². The molecule has 2 rings (SSSR count). The van der Waals surface area contributed by atoms with E-state index in [0.29, 0.717) is 26.1 Å². The minimum atomic E-state index is -0.796. The van der Waals surface area contributed by atoms with E-state index in [9.17, 15) is 10.2 Å². The lowest BCUT2D eigenvalue weighted by Crippen LogP contribution is -2.46. The van der Waals surface area contributed by atoms with Gasteiger partial charge >= 0.3 is 0 Å². The fraction of sp³-hybridized carbons (Fsp3) is 0.667. The van der Waals surface area contributed by atoms with Gasteiger partial charge in [-0.1, -0.05) is 6.07 Å². The SMILES string of the molecule is CC1OCCC1(O)CNCC(O)c1cccs1. The molecule has 3 atom stereocenters. The maximum Gasteiger partial charge on any atom is 0.105 e. The van der Waals surface area contributed by atoms with Crippen molar-refractivity contribution in [2.24, 2.45) is 0 Å². The molecule has 0 aromatic carbocycles. The van der Waals surface area contributed by atoms with Crippen LogP contribution in [0.25, 0.3) is 0 Å². The first-order valence-corrected chi connectivity index (χ1v) is 6.76. The van der Waals surface area contributed by atoms with Crippen molar-refractivity contribution in [1.29, 1.82) is 0 Å². The van der Waals surface area contributed by atoms with Gasteiger partial charge in [-0.2, -0.15) is 0 Å². The zero-order valence-electron chi connectivity index (χ0n) is 9.93. The zero-order valence-corrected chi connectivity index (χ0v) is 10.7. The quantitative estimate of drug-likeness (QED) is 0.734. The Hall–Kier alpha value is -0.460. The molecule has 5 heteroatoms. The number of hydrogen-bond acceptors (Lipinski definition) is 5. The van der Waals surface area contributed by atoms with Crippen molar-refractivity contribution in [2.45, 2.75) is 31.2 Å². The molecule has 0 amide bonds. The Morgan fingerprint density at radius 1 is 1.71 bits per heavy atom. The summed E-state index contributed by atoms with van der Waals surface area (Å²) in [6.45, 7) is 3.39. The molecular formula is C12H19NO3S. The van der Waals surface area contributed by atoms with Crippen LogP contribution in [0.4, 0.5) is 0 Å². The normalized spacial score (nSPS) is 30.6. The van der Waals surface area contributed by atoms with Crippen molar-refractivity contribution >= 4 is 11.3 Å². The van der Waals surface area contributed by atoms with Crippen molar-refractivity contribution in [3.63, 3.8) is 0 Å². The summed E-state index contributed by atoms with van der Waals surface area (Å²) in [7, 11) is 0. The highest BCUT2D eigenvalue weighted by Gasteiger charge is 2.39. The molecule has 3 N–H and O–H groups in total. The average molecular weight is 257 g/mol. The van der Waals surface area contributed by atoms with Gasteiger partial charge in [0.2, 0.25) is 0 Å². The summed E-state index contributed by atoms with van der Waals surface area (Å²) in [5.74, 6) is 0. The van der Waals surface area contributed by atoms with Crippen molar-refractivity contribution in [3.05, 3.63) is 22.4 Å². The molecule has 3 unspecified atom stereocenters. The first-order valence-electron chi connectivity index (χ1n) is 5.88. The minimum Gasteiger partial charge on any atom is -0.386 e. The molecule has 1 aliphatic heterocycles. The molecule has 2 heterocycles. The molecule has 0 spiro atoms. The van der Waals surface area contributed by atoms with E-state index >= 15 is 0 Å². The molecule has 0 saturated carbocycles. The standard InChI is InChI=1S/C12H19NO3S/c1-9-12(15,4-5-16-9)8-13-7-10(14)11-3-2-6-17-11/h2-3,6,9-10,13-15H,4-5,7-8H2,1H3. The Balaban J connectivity index is 1.76. The highest BCUT2D eigenvalue weighted by molar-refractivity contribution is 7.10. The van der Waals surface area contributed by atoms with Crippen LogP contribution in [0.5, 0.6) is 0 Å². The first-order chi connectivity index (χ1) is 8.12. The van der Waals surface area contributed by atoms with Gasteiger partial charge in [0.25, 0.3) is 0 Å². The molecule has 1 aromatic heterocycles. The van der Waals surface area contributed by atoms with E-state index < -0.39 is 11.7 Å². The molecular weight excluding hydrogens is 238 g/mol. The van der Waals surface area contributed by atoms with Gasteiger partial charge in [-0.25, -0.2) is 0 Å². The molecule has 4 nitrogen and oxygen atoms in total. The van der Waals surface area contributed by atoms with Crippen LogP contribution in [0.3, 0.4) is 0 Å². The van der Waals surface area contributed by atoms with Crippen LogP contribution in [0.15, 0.2) is 17.5 Å². The molecule has 96 valence electrons. The van der Waals surface area contributed by atoms with Crippen molar-refractivity contribution in [2.75, 3.05) is 19.7 Å². The smallest absolute Gasteiger partial charge is 0.105 e. The molecule has 1 aliphatic rings. The van der Waals surface area contributed by atoms with Crippen LogP contribution < -0.4 is 5.32 Å². The Kier molecular flexibility index (Phi) is 4.17. The third kappa shape index (κ3) is 3.05.